The predicted molar refractivity (Wildman–Crippen MR) is 177 cm³/mol. The maximum Gasteiger partial charge on any atom is 0.348 e. The van der Waals surface area contributed by atoms with Crippen molar-refractivity contribution in [3.63, 3.8) is 0 Å². The Hall–Kier alpha value is -5.80. The molecule has 242 valence electrons. The van der Waals surface area contributed by atoms with Crippen LogP contribution in [0.3, 0.4) is 0 Å². The van der Waals surface area contributed by atoms with Crippen molar-refractivity contribution in [1.29, 1.82) is 0 Å². The number of allylic oxidation sites excluding steroid dienone is 1. The topological polar surface area (TPSA) is 113 Å². The molecular weight excluding hydrogens is 608 g/mol. The molecule has 2 aliphatic heterocycles. The molecule has 0 saturated carbocycles. The van der Waals surface area contributed by atoms with Crippen LogP contribution < -0.4 is 0 Å². The van der Waals surface area contributed by atoms with E-state index in [0.717, 1.165) is 12.7 Å². The number of aliphatic hydroxyl groups is 1. The van der Waals surface area contributed by atoms with Crippen LogP contribution >= 0.6 is 0 Å². The number of rotatable bonds is 8. The molecule has 4 aromatic carbocycles. The zero-order chi connectivity index (χ0) is 34.0. The van der Waals surface area contributed by atoms with Crippen LogP contribution in [0.2, 0.25) is 0 Å². The molecule has 2 aliphatic rings. The highest BCUT2D eigenvalue weighted by Gasteiger charge is 2.64. The Labute approximate surface area is 278 Å². The summed E-state index contributed by atoms with van der Waals surface area (Å²) in [6.45, 7) is 1.88. The summed E-state index contributed by atoms with van der Waals surface area (Å²) in [6, 6.07) is 33.9. The number of methoxy groups -OCH3 is 2. The van der Waals surface area contributed by atoms with Gasteiger partial charge in [-0.25, -0.2) is 9.59 Å². The largest absolute Gasteiger partial charge is 0.466 e. The third-order valence-corrected chi connectivity index (χ3v) is 8.92. The van der Waals surface area contributed by atoms with Gasteiger partial charge in [-0.15, -0.1) is 0 Å². The van der Waals surface area contributed by atoms with E-state index in [-0.39, 0.29) is 29.1 Å². The van der Waals surface area contributed by atoms with Crippen LogP contribution in [0.5, 0.6) is 0 Å². The van der Waals surface area contributed by atoms with E-state index in [1.807, 2.05) is 30.3 Å². The zero-order valence-electron chi connectivity index (χ0n) is 26.7. The molecule has 48 heavy (non-hydrogen) atoms. The zero-order valence-corrected chi connectivity index (χ0v) is 26.7. The van der Waals surface area contributed by atoms with Crippen molar-refractivity contribution >= 4 is 23.6 Å². The number of amides is 1. The average Bonchev–Trinajstić information content (AvgIpc) is 3.14. The second-order valence-corrected chi connectivity index (χ2v) is 11.6. The summed E-state index contributed by atoms with van der Waals surface area (Å²) < 4.78 is 10.4. The van der Waals surface area contributed by atoms with E-state index in [0.29, 0.717) is 16.8 Å². The average molecular weight is 643 g/mol. The number of Topliss-reactive ketones (excluding diaryl/α,β-unsaturated/α-hetero) is 1. The SMILES string of the molecule is COC(=O)C1=C(C)N(Cc2ccccc2)C2=C(C(=O)c3ccccc3)C(c3ccccc3)[C@@](O)(C(=O)OC)C(=O)N2C1c1ccccc1. The van der Waals surface area contributed by atoms with Crippen LogP contribution in [0.1, 0.15) is 45.9 Å². The Morgan fingerprint density at radius 3 is 1.79 bits per heavy atom. The van der Waals surface area contributed by atoms with E-state index in [9.17, 15) is 19.5 Å². The first-order chi connectivity index (χ1) is 23.2. The summed E-state index contributed by atoms with van der Waals surface area (Å²) in [5, 5.41) is 12.6. The van der Waals surface area contributed by atoms with Gasteiger partial charge in [0, 0.05) is 17.8 Å². The molecule has 9 heteroatoms. The molecular formula is C39H34N2O7. The third-order valence-electron chi connectivity index (χ3n) is 8.92. The highest BCUT2D eigenvalue weighted by atomic mass is 16.5. The lowest BCUT2D eigenvalue weighted by molar-refractivity contribution is -0.179. The molecule has 0 radical (unpaired) electrons. The first-order valence-electron chi connectivity index (χ1n) is 15.4. The van der Waals surface area contributed by atoms with Crippen LogP contribution in [-0.4, -0.2) is 58.4 Å². The van der Waals surface area contributed by atoms with Gasteiger partial charge in [0.15, 0.2) is 5.78 Å². The van der Waals surface area contributed by atoms with Crippen LogP contribution in [0.15, 0.2) is 144 Å². The number of hydrogen-bond donors (Lipinski definition) is 1. The van der Waals surface area contributed by atoms with E-state index >= 15 is 4.79 Å². The van der Waals surface area contributed by atoms with Gasteiger partial charge in [0.25, 0.3) is 11.5 Å². The number of carbonyl (C=O) groups excluding carboxylic acids is 4. The number of ketones is 1. The quantitative estimate of drug-likeness (QED) is 0.156. The van der Waals surface area contributed by atoms with Gasteiger partial charge in [0.05, 0.1) is 37.3 Å². The normalized spacial score (nSPS) is 20.7. The smallest absolute Gasteiger partial charge is 0.348 e. The van der Waals surface area contributed by atoms with Gasteiger partial charge in [0.2, 0.25) is 0 Å². The first kappa shape index (κ1) is 32.2. The molecule has 4 aromatic rings. The van der Waals surface area contributed by atoms with Crippen molar-refractivity contribution in [2.45, 2.75) is 31.0 Å². The third kappa shape index (κ3) is 5.28. The minimum atomic E-state index is -2.91. The van der Waals surface area contributed by atoms with Gasteiger partial charge in [-0.3, -0.25) is 14.5 Å². The Kier molecular flexibility index (Phi) is 8.80. The van der Waals surface area contributed by atoms with Gasteiger partial charge >= 0.3 is 11.9 Å². The fourth-order valence-corrected chi connectivity index (χ4v) is 6.69. The summed E-state index contributed by atoms with van der Waals surface area (Å²) in [4.78, 5) is 60.6. The molecule has 1 amide bonds. The molecule has 0 saturated heterocycles. The van der Waals surface area contributed by atoms with Gasteiger partial charge in [-0.2, -0.15) is 0 Å². The summed E-state index contributed by atoms with van der Waals surface area (Å²) in [5.41, 5.74) is -0.437. The van der Waals surface area contributed by atoms with Crippen LogP contribution in [-0.2, 0) is 30.4 Å². The fraction of sp³-hybridized carbons (Fsp3) is 0.179. The standard InChI is InChI=1S/C39H34N2O7/c1-25-30(36(43)47-2)33(28-20-12-6-13-21-28)41-35(40(25)24-26-16-8-4-9-17-26)31(34(42)29-22-14-7-15-23-29)32(27-18-10-5-11-19-27)39(46,37(41)44)38(45)48-3/h4-23,32-33,46H,24H2,1-3H3/t32?,33?,39-/m0/s1. The van der Waals surface area contributed by atoms with Crippen molar-refractivity contribution in [3.05, 3.63) is 166 Å². The van der Waals surface area contributed by atoms with E-state index in [1.54, 1.807) is 103 Å². The summed E-state index contributed by atoms with van der Waals surface area (Å²) in [5.74, 6) is -4.87. The predicted octanol–water partition coefficient (Wildman–Crippen LogP) is 5.32. The minimum absolute atomic E-state index is 0.0139. The lowest BCUT2D eigenvalue weighted by Crippen LogP contribution is -2.65. The molecule has 0 fully saturated rings. The molecule has 1 N–H and O–H groups in total. The van der Waals surface area contributed by atoms with Crippen molar-refractivity contribution in [1.82, 2.24) is 9.80 Å². The summed E-state index contributed by atoms with van der Waals surface area (Å²) >= 11 is 0. The highest BCUT2D eigenvalue weighted by Crippen LogP contribution is 2.53. The number of nitrogens with zero attached hydrogens (tertiary/aromatic N) is 2. The van der Waals surface area contributed by atoms with Crippen molar-refractivity contribution < 1.29 is 33.8 Å². The fourth-order valence-electron chi connectivity index (χ4n) is 6.69. The van der Waals surface area contributed by atoms with Crippen molar-refractivity contribution in [2.75, 3.05) is 14.2 Å². The van der Waals surface area contributed by atoms with Crippen molar-refractivity contribution in [2.24, 2.45) is 0 Å². The molecule has 0 aromatic heterocycles. The number of benzene rings is 4. The Morgan fingerprint density at radius 1 is 0.729 bits per heavy atom. The lowest BCUT2D eigenvalue weighted by atomic mass is 9.70. The van der Waals surface area contributed by atoms with Crippen LogP contribution in [0.25, 0.3) is 0 Å². The first-order valence-corrected chi connectivity index (χ1v) is 15.4. The van der Waals surface area contributed by atoms with E-state index in [1.165, 1.54) is 12.0 Å². The number of ether oxygens (including phenoxy) is 2. The van der Waals surface area contributed by atoms with Gasteiger partial charge < -0.3 is 19.5 Å². The number of carbonyl (C=O) groups is 4. The Balaban J connectivity index is 1.80. The molecule has 2 unspecified atom stereocenters. The number of esters is 2. The van der Waals surface area contributed by atoms with E-state index in [4.69, 9.17) is 9.47 Å². The molecule has 9 nitrogen and oxygen atoms in total. The monoisotopic (exact) mass is 642 g/mol. The van der Waals surface area contributed by atoms with Crippen LogP contribution in [0, 0.1) is 0 Å². The molecule has 6 rings (SSSR count). The van der Waals surface area contributed by atoms with Gasteiger partial charge in [-0.05, 0) is 23.6 Å². The Bertz CT molecular complexity index is 1920. The molecule has 2 heterocycles. The maximum absolute atomic E-state index is 15.1. The van der Waals surface area contributed by atoms with E-state index in [2.05, 4.69) is 0 Å². The summed E-state index contributed by atoms with van der Waals surface area (Å²) in [7, 11) is 2.32. The lowest BCUT2D eigenvalue weighted by Gasteiger charge is -2.52. The highest BCUT2D eigenvalue weighted by molar-refractivity contribution is 6.17. The number of fused-ring (bicyclic) bond motifs is 1. The second kappa shape index (κ2) is 13.1. The van der Waals surface area contributed by atoms with E-state index < -0.39 is 41.2 Å². The van der Waals surface area contributed by atoms with Crippen molar-refractivity contribution in [3.8, 4) is 0 Å². The minimum Gasteiger partial charge on any atom is -0.466 e. The summed E-state index contributed by atoms with van der Waals surface area (Å²) in [6.07, 6.45) is 0. The Morgan fingerprint density at radius 2 is 1.25 bits per heavy atom. The molecule has 0 bridgehead atoms. The van der Waals surface area contributed by atoms with Crippen LogP contribution in [0.4, 0.5) is 0 Å². The number of hydrogen-bond acceptors (Lipinski definition) is 8. The second-order valence-electron chi connectivity index (χ2n) is 11.6. The van der Waals surface area contributed by atoms with Gasteiger partial charge in [0.1, 0.15) is 5.82 Å². The van der Waals surface area contributed by atoms with Gasteiger partial charge in [-0.1, -0.05) is 121 Å². The molecule has 3 atom stereocenters. The molecule has 0 aliphatic carbocycles. The molecule has 0 spiro atoms. The maximum atomic E-state index is 15.1.